The first kappa shape index (κ1) is 11.7. The lowest BCUT2D eigenvalue weighted by Crippen LogP contribution is -2.02. The molecule has 1 N–H and O–H groups in total. The van der Waals surface area contributed by atoms with Crippen molar-refractivity contribution in [2.24, 2.45) is 0 Å². The molecule has 1 aromatic rings. The molecule has 1 rings (SSSR count). The van der Waals surface area contributed by atoms with Gasteiger partial charge in [-0.05, 0) is 29.7 Å². The molecule has 0 atom stereocenters. The van der Waals surface area contributed by atoms with Crippen LogP contribution in [0, 0.1) is 18.3 Å². The number of carboxylic acid groups (broad SMARTS) is 1. The van der Waals surface area contributed by atoms with Gasteiger partial charge in [0.25, 0.3) is 0 Å². The number of benzene rings is 1. The number of alkyl halides is 1. The van der Waals surface area contributed by atoms with Crippen molar-refractivity contribution in [2.75, 3.05) is 0 Å². The second-order valence-corrected chi connectivity index (χ2v) is 3.82. The first-order chi connectivity index (χ1) is 7.08. The number of rotatable bonds is 3. The minimum absolute atomic E-state index is 0.0436. The van der Waals surface area contributed by atoms with Crippen LogP contribution in [0.5, 0.6) is 0 Å². The van der Waals surface area contributed by atoms with Crippen LogP contribution >= 0.6 is 15.9 Å². The van der Waals surface area contributed by atoms with E-state index >= 15 is 0 Å². The van der Waals surface area contributed by atoms with Gasteiger partial charge in [0.05, 0.1) is 18.1 Å². The number of hydrogen-bond acceptors (Lipinski definition) is 2. The summed E-state index contributed by atoms with van der Waals surface area (Å²) >= 11 is 3.31. The largest absolute Gasteiger partial charge is 0.481 e. The van der Waals surface area contributed by atoms with Crippen LogP contribution in [-0.4, -0.2) is 11.1 Å². The highest BCUT2D eigenvalue weighted by Crippen LogP contribution is 2.19. The zero-order valence-corrected chi connectivity index (χ0v) is 9.84. The summed E-state index contributed by atoms with van der Waals surface area (Å²) in [6.45, 7) is 1.88. The smallest absolute Gasteiger partial charge is 0.307 e. The van der Waals surface area contributed by atoms with Crippen molar-refractivity contribution in [3.63, 3.8) is 0 Å². The lowest BCUT2D eigenvalue weighted by molar-refractivity contribution is -0.136. The average molecular weight is 268 g/mol. The maximum Gasteiger partial charge on any atom is 0.307 e. The number of nitrogens with zero attached hydrogens (tertiary/aromatic N) is 1. The van der Waals surface area contributed by atoms with Gasteiger partial charge in [0.1, 0.15) is 0 Å². The number of halogens is 1. The first-order valence-corrected chi connectivity index (χ1v) is 5.51. The molecule has 0 unspecified atom stereocenters. The highest BCUT2D eigenvalue weighted by molar-refractivity contribution is 9.08. The molecule has 4 heteroatoms. The summed E-state index contributed by atoms with van der Waals surface area (Å²) in [5.74, 6) is -0.884. The van der Waals surface area contributed by atoms with Crippen LogP contribution in [0.15, 0.2) is 12.1 Å². The first-order valence-electron chi connectivity index (χ1n) is 4.38. The molecule has 0 aliphatic carbocycles. The fourth-order valence-corrected chi connectivity index (χ4v) is 2.19. The maximum absolute atomic E-state index is 10.5. The molecular formula is C11H10BrNO2. The fourth-order valence-electron chi connectivity index (χ4n) is 1.45. The van der Waals surface area contributed by atoms with Crippen molar-refractivity contribution < 1.29 is 9.90 Å². The highest BCUT2D eigenvalue weighted by atomic mass is 79.9. The van der Waals surface area contributed by atoms with Crippen LogP contribution in [0.2, 0.25) is 0 Å². The van der Waals surface area contributed by atoms with E-state index in [1.165, 1.54) is 0 Å². The monoisotopic (exact) mass is 267 g/mol. The lowest BCUT2D eigenvalue weighted by Gasteiger charge is -2.07. The predicted octanol–water partition coefficient (Wildman–Crippen LogP) is 2.39. The van der Waals surface area contributed by atoms with E-state index in [2.05, 4.69) is 22.0 Å². The Labute approximate surface area is 96.5 Å². The summed E-state index contributed by atoms with van der Waals surface area (Å²) in [4.78, 5) is 10.5. The summed E-state index contributed by atoms with van der Waals surface area (Å²) in [5, 5.41) is 18.2. The van der Waals surface area contributed by atoms with Gasteiger partial charge >= 0.3 is 5.97 Å². The van der Waals surface area contributed by atoms with E-state index in [1.807, 2.05) is 13.0 Å². The Kier molecular flexibility index (Phi) is 3.87. The molecule has 78 valence electrons. The maximum atomic E-state index is 10.5. The van der Waals surface area contributed by atoms with Gasteiger partial charge in [-0.25, -0.2) is 0 Å². The zero-order chi connectivity index (χ0) is 11.4. The van der Waals surface area contributed by atoms with Gasteiger partial charge in [0.2, 0.25) is 0 Å². The Bertz CT molecular complexity index is 435. The van der Waals surface area contributed by atoms with Gasteiger partial charge in [0.15, 0.2) is 0 Å². The topological polar surface area (TPSA) is 61.1 Å². The second-order valence-electron chi connectivity index (χ2n) is 3.25. The van der Waals surface area contributed by atoms with Crippen molar-refractivity contribution in [1.29, 1.82) is 5.26 Å². The van der Waals surface area contributed by atoms with Gasteiger partial charge in [-0.3, -0.25) is 4.79 Å². The van der Waals surface area contributed by atoms with E-state index in [9.17, 15) is 4.79 Å². The molecule has 0 saturated heterocycles. The summed E-state index contributed by atoms with van der Waals surface area (Å²) in [5.41, 5.74) is 3.08. The van der Waals surface area contributed by atoms with Crippen LogP contribution < -0.4 is 0 Å². The third kappa shape index (κ3) is 2.80. The van der Waals surface area contributed by atoms with E-state index in [1.54, 1.807) is 6.07 Å². The van der Waals surface area contributed by atoms with Crippen LogP contribution in [0.4, 0.5) is 0 Å². The molecule has 0 amide bonds. The Morgan fingerprint density at radius 3 is 2.73 bits per heavy atom. The van der Waals surface area contributed by atoms with E-state index in [0.717, 1.165) is 11.1 Å². The Morgan fingerprint density at radius 2 is 2.27 bits per heavy atom. The quantitative estimate of drug-likeness (QED) is 0.856. The number of hydrogen-bond donors (Lipinski definition) is 1. The van der Waals surface area contributed by atoms with Gasteiger partial charge in [-0.2, -0.15) is 5.26 Å². The van der Waals surface area contributed by atoms with Crippen molar-refractivity contribution in [2.45, 2.75) is 18.7 Å². The SMILES string of the molecule is Cc1cc(CC(=O)O)cc(C#N)c1CBr. The molecule has 0 heterocycles. The van der Waals surface area contributed by atoms with Gasteiger partial charge in [-0.15, -0.1) is 0 Å². The highest BCUT2D eigenvalue weighted by Gasteiger charge is 2.08. The number of nitriles is 1. The summed E-state index contributed by atoms with van der Waals surface area (Å²) in [7, 11) is 0. The van der Waals surface area contributed by atoms with Crippen LogP contribution in [0.1, 0.15) is 22.3 Å². The fraction of sp³-hybridized carbons (Fsp3) is 0.273. The van der Waals surface area contributed by atoms with Crippen molar-refractivity contribution >= 4 is 21.9 Å². The second kappa shape index (κ2) is 4.94. The third-order valence-corrected chi connectivity index (χ3v) is 2.70. The molecule has 0 spiro atoms. The molecule has 3 nitrogen and oxygen atoms in total. The molecule has 0 radical (unpaired) electrons. The minimum Gasteiger partial charge on any atom is -0.481 e. The summed E-state index contributed by atoms with van der Waals surface area (Å²) in [6.07, 6.45) is -0.0436. The Morgan fingerprint density at radius 1 is 1.60 bits per heavy atom. The van der Waals surface area contributed by atoms with Gasteiger partial charge < -0.3 is 5.11 Å². The Hall–Kier alpha value is -1.34. The van der Waals surface area contributed by atoms with Crippen molar-refractivity contribution in [3.8, 4) is 6.07 Å². The van der Waals surface area contributed by atoms with Crippen LogP contribution in [-0.2, 0) is 16.5 Å². The molecule has 0 bridgehead atoms. The van der Waals surface area contributed by atoms with Gasteiger partial charge in [0, 0.05) is 5.33 Å². The molecule has 0 fully saturated rings. The minimum atomic E-state index is -0.884. The van der Waals surface area contributed by atoms with E-state index in [0.29, 0.717) is 16.5 Å². The molecule has 0 saturated carbocycles. The molecule has 0 aromatic heterocycles. The molecule has 0 aliphatic heterocycles. The third-order valence-electron chi connectivity index (χ3n) is 2.14. The summed E-state index contributed by atoms with van der Waals surface area (Å²) < 4.78 is 0. The van der Waals surface area contributed by atoms with Crippen LogP contribution in [0.3, 0.4) is 0 Å². The van der Waals surface area contributed by atoms with Gasteiger partial charge in [-0.1, -0.05) is 22.0 Å². The van der Waals surface area contributed by atoms with E-state index in [4.69, 9.17) is 10.4 Å². The number of aryl methyl sites for hydroxylation is 1. The van der Waals surface area contributed by atoms with Crippen molar-refractivity contribution in [1.82, 2.24) is 0 Å². The number of carboxylic acids is 1. The van der Waals surface area contributed by atoms with Crippen molar-refractivity contribution in [3.05, 3.63) is 34.4 Å². The molecule has 0 aliphatic rings. The molecule has 15 heavy (non-hydrogen) atoms. The summed E-state index contributed by atoms with van der Waals surface area (Å²) in [6, 6.07) is 5.53. The number of carbonyl (C=O) groups is 1. The normalized spacial score (nSPS) is 9.67. The number of aliphatic carboxylic acids is 1. The molecular weight excluding hydrogens is 258 g/mol. The average Bonchev–Trinajstić information content (AvgIpc) is 2.15. The Balaban J connectivity index is 3.21. The van der Waals surface area contributed by atoms with E-state index < -0.39 is 5.97 Å². The lowest BCUT2D eigenvalue weighted by atomic mass is 9.99. The van der Waals surface area contributed by atoms with E-state index in [-0.39, 0.29) is 6.42 Å². The molecule has 1 aromatic carbocycles. The zero-order valence-electron chi connectivity index (χ0n) is 8.25. The van der Waals surface area contributed by atoms with Crippen LogP contribution in [0.25, 0.3) is 0 Å². The predicted molar refractivity (Wildman–Crippen MR) is 59.9 cm³/mol. The standard InChI is InChI=1S/C11H10BrNO2/c1-7-2-8(4-11(14)15)3-9(6-13)10(7)5-12/h2-3H,4-5H2,1H3,(H,14,15).